The number of nitrogens with zero attached hydrogens (tertiary/aromatic N) is 3. The summed E-state index contributed by atoms with van der Waals surface area (Å²) < 4.78 is 0. The highest BCUT2D eigenvalue weighted by molar-refractivity contribution is 5.94. The third kappa shape index (κ3) is 4.05. The molecule has 2 aliphatic rings. The van der Waals surface area contributed by atoms with E-state index in [0.717, 1.165) is 32.5 Å². The normalized spacial score (nSPS) is 21.2. The molecule has 5 nitrogen and oxygen atoms in total. The molecule has 2 aromatic carbocycles. The lowest BCUT2D eigenvalue weighted by molar-refractivity contribution is 0.0401. The number of hydrogen-bond donors (Lipinski definition) is 1. The van der Waals surface area contributed by atoms with Crippen LogP contribution in [0.15, 0.2) is 54.6 Å². The molecule has 1 atom stereocenters. The zero-order valence-corrected chi connectivity index (χ0v) is 16.6. The first-order valence-electron chi connectivity index (χ1n) is 10.3. The Labute approximate surface area is 172 Å². The predicted molar refractivity (Wildman–Crippen MR) is 111 cm³/mol. The van der Waals surface area contributed by atoms with E-state index in [1.54, 1.807) is 24.3 Å². The van der Waals surface area contributed by atoms with Crippen LogP contribution in [0.4, 0.5) is 0 Å². The molecule has 1 N–H and O–H groups in total. The van der Waals surface area contributed by atoms with Gasteiger partial charge in [0.2, 0.25) is 0 Å². The average Bonchev–Trinajstić information content (AvgIpc) is 3.11. The summed E-state index contributed by atoms with van der Waals surface area (Å²) in [6, 6.07) is 19.4. The Morgan fingerprint density at radius 2 is 1.79 bits per heavy atom. The Balaban J connectivity index is 1.40. The van der Waals surface area contributed by atoms with Crippen LogP contribution in [0.5, 0.6) is 0 Å². The highest BCUT2D eigenvalue weighted by atomic mass is 16.3. The first-order valence-corrected chi connectivity index (χ1v) is 10.3. The highest BCUT2D eigenvalue weighted by Crippen LogP contribution is 2.45. The van der Waals surface area contributed by atoms with Crippen molar-refractivity contribution in [2.45, 2.75) is 19.4 Å². The van der Waals surface area contributed by atoms with Crippen molar-refractivity contribution in [1.82, 2.24) is 9.80 Å². The maximum absolute atomic E-state index is 12.8. The van der Waals surface area contributed by atoms with Crippen molar-refractivity contribution >= 4 is 5.91 Å². The van der Waals surface area contributed by atoms with Crippen molar-refractivity contribution in [2.75, 3.05) is 32.8 Å². The van der Waals surface area contributed by atoms with Gasteiger partial charge in [-0.3, -0.25) is 9.69 Å². The summed E-state index contributed by atoms with van der Waals surface area (Å²) in [5.41, 5.74) is 2.59. The van der Waals surface area contributed by atoms with Gasteiger partial charge in [0.25, 0.3) is 5.91 Å². The molecule has 2 fully saturated rings. The van der Waals surface area contributed by atoms with E-state index in [4.69, 9.17) is 5.26 Å². The molecule has 1 unspecified atom stereocenters. The van der Waals surface area contributed by atoms with Crippen molar-refractivity contribution < 1.29 is 9.90 Å². The number of aliphatic hydroxyl groups is 1. The first-order chi connectivity index (χ1) is 14.1. The number of amides is 1. The lowest BCUT2D eigenvalue weighted by Crippen LogP contribution is -2.47. The summed E-state index contributed by atoms with van der Waals surface area (Å²) >= 11 is 0. The van der Waals surface area contributed by atoms with Crippen molar-refractivity contribution in [1.29, 1.82) is 5.26 Å². The van der Waals surface area contributed by atoms with Gasteiger partial charge >= 0.3 is 0 Å². The monoisotopic (exact) mass is 389 g/mol. The van der Waals surface area contributed by atoms with Crippen LogP contribution in [-0.4, -0.2) is 53.6 Å². The lowest BCUT2D eigenvalue weighted by Gasteiger charge is -2.42. The number of likely N-dealkylation sites (tertiary alicyclic amines) is 2. The largest absolute Gasteiger partial charge is 0.396 e. The highest BCUT2D eigenvalue weighted by Gasteiger charge is 2.48. The Bertz CT molecular complexity index is 881. The van der Waals surface area contributed by atoms with Crippen LogP contribution in [0.1, 0.15) is 34.3 Å². The summed E-state index contributed by atoms with van der Waals surface area (Å²) in [6.45, 7) is 4.44. The van der Waals surface area contributed by atoms with Gasteiger partial charge in [-0.2, -0.15) is 5.26 Å². The SMILES string of the molecule is N#Cc1ccc(C(=O)N2CCC3(CC2)CN(Cc2ccccc2)CC3CO)cc1. The molecular formula is C24H27N3O2. The van der Waals surface area contributed by atoms with Gasteiger partial charge in [0.1, 0.15) is 0 Å². The topological polar surface area (TPSA) is 67.6 Å². The molecule has 2 saturated heterocycles. The molecule has 150 valence electrons. The maximum atomic E-state index is 12.8. The maximum Gasteiger partial charge on any atom is 0.253 e. The van der Waals surface area contributed by atoms with E-state index < -0.39 is 0 Å². The van der Waals surface area contributed by atoms with Gasteiger partial charge < -0.3 is 10.0 Å². The summed E-state index contributed by atoms with van der Waals surface area (Å²) in [5, 5.41) is 19.0. The van der Waals surface area contributed by atoms with Crippen LogP contribution < -0.4 is 0 Å². The second-order valence-corrected chi connectivity index (χ2v) is 8.38. The first kappa shape index (κ1) is 19.6. The van der Waals surface area contributed by atoms with E-state index >= 15 is 0 Å². The summed E-state index contributed by atoms with van der Waals surface area (Å²) in [7, 11) is 0. The zero-order chi connectivity index (χ0) is 20.3. The molecule has 1 spiro atoms. The van der Waals surface area contributed by atoms with E-state index in [-0.39, 0.29) is 23.8 Å². The van der Waals surface area contributed by atoms with E-state index in [2.05, 4.69) is 35.2 Å². The number of hydrogen-bond acceptors (Lipinski definition) is 4. The Kier molecular flexibility index (Phi) is 5.66. The fraction of sp³-hybridized carbons (Fsp3) is 0.417. The summed E-state index contributed by atoms with van der Waals surface area (Å²) in [6.07, 6.45) is 1.84. The molecule has 29 heavy (non-hydrogen) atoms. The molecule has 1 amide bonds. The molecule has 4 rings (SSSR count). The van der Waals surface area contributed by atoms with Crippen LogP contribution in [0.25, 0.3) is 0 Å². The minimum atomic E-state index is 0.0315. The van der Waals surface area contributed by atoms with Crippen molar-refractivity contribution in [3.05, 3.63) is 71.3 Å². The van der Waals surface area contributed by atoms with E-state index in [9.17, 15) is 9.90 Å². The fourth-order valence-corrected chi connectivity index (χ4v) is 4.95. The minimum absolute atomic E-state index is 0.0315. The number of carbonyl (C=O) groups excluding carboxylic acids is 1. The number of nitriles is 1. The quantitative estimate of drug-likeness (QED) is 0.873. The standard InChI is InChI=1S/C24H27N3O2/c25-14-19-6-8-21(9-7-19)23(29)27-12-10-24(11-13-27)18-26(16-22(24)17-28)15-20-4-2-1-3-5-20/h1-9,22,28H,10-13,15-18H2. The van der Waals surface area contributed by atoms with Gasteiger partial charge in [0.05, 0.1) is 11.6 Å². The fourth-order valence-electron chi connectivity index (χ4n) is 4.95. The van der Waals surface area contributed by atoms with Gasteiger partial charge in [0, 0.05) is 50.8 Å². The van der Waals surface area contributed by atoms with Crippen molar-refractivity contribution in [3.63, 3.8) is 0 Å². The molecule has 5 heteroatoms. The van der Waals surface area contributed by atoms with Gasteiger partial charge in [-0.05, 0) is 48.1 Å². The summed E-state index contributed by atoms with van der Waals surface area (Å²) in [4.78, 5) is 17.2. The van der Waals surface area contributed by atoms with Crippen molar-refractivity contribution in [3.8, 4) is 6.07 Å². The average molecular weight is 389 g/mol. The summed E-state index contributed by atoms with van der Waals surface area (Å²) in [5.74, 6) is 0.294. The molecule has 2 heterocycles. The zero-order valence-electron chi connectivity index (χ0n) is 16.6. The molecule has 0 aliphatic carbocycles. The molecule has 2 aromatic rings. The molecule has 2 aliphatic heterocycles. The molecule has 0 saturated carbocycles. The smallest absolute Gasteiger partial charge is 0.253 e. The minimum Gasteiger partial charge on any atom is -0.396 e. The van der Waals surface area contributed by atoms with Crippen LogP contribution in [0, 0.1) is 22.7 Å². The van der Waals surface area contributed by atoms with E-state index in [1.807, 2.05) is 11.0 Å². The molecule has 0 aromatic heterocycles. The molecular weight excluding hydrogens is 362 g/mol. The second-order valence-electron chi connectivity index (χ2n) is 8.38. The number of aliphatic hydroxyl groups excluding tert-OH is 1. The van der Waals surface area contributed by atoms with Crippen LogP contribution in [-0.2, 0) is 6.54 Å². The van der Waals surface area contributed by atoms with Gasteiger partial charge in [-0.1, -0.05) is 30.3 Å². The molecule has 0 bridgehead atoms. The lowest BCUT2D eigenvalue weighted by atomic mass is 9.71. The number of carbonyl (C=O) groups is 1. The number of rotatable bonds is 4. The number of piperidine rings is 1. The van der Waals surface area contributed by atoms with Gasteiger partial charge in [-0.25, -0.2) is 0 Å². The Morgan fingerprint density at radius 1 is 1.10 bits per heavy atom. The number of benzene rings is 2. The van der Waals surface area contributed by atoms with Crippen LogP contribution in [0.2, 0.25) is 0 Å². The van der Waals surface area contributed by atoms with E-state index in [0.29, 0.717) is 24.2 Å². The van der Waals surface area contributed by atoms with E-state index in [1.165, 1.54) is 5.56 Å². The van der Waals surface area contributed by atoms with Crippen LogP contribution >= 0.6 is 0 Å². The predicted octanol–water partition coefficient (Wildman–Crippen LogP) is 2.90. The third-order valence-electron chi connectivity index (χ3n) is 6.66. The Hall–Kier alpha value is -2.68. The second kappa shape index (κ2) is 8.36. The van der Waals surface area contributed by atoms with Gasteiger partial charge in [-0.15, -0.1) is 0 Å². The van der Waals surface area contributed by atoms with Gasteiger partial charge in [0.15, 0.2) is 0 Å². The molecule has 0 radical (unpaired) electrons. The third-order valence-corrected chi connectivity index (χ3v) is 6.66. The Morgan fingerprint density at radius 3 is 2.41 bits per heavy atom. The van der Waals surface area contributed by atoms with Crippen molar-refractivity contribution in [2.24, 2.45) is 11.3 Å². The van der Waals surface area contributed by atoms with Crippen LogP contribution in [0.3, 0.4) is 0 Å².